The van der Waals surface area contributed by atoms with E-state index in [0.29, 0.717) is 0 Å². The zero-order valence-electron chi connectivity index (χ0n) is 17.8. The second kappa shape index (κ2) is 8.39. The van der Waals surface area contributed by atoms with Crippen molar-refractivity contribution in [2.24, 2.45) is 0 Å². The number of hydrogen-bond acceptors (Lipinski definition) is 4. The Morgan fingerprint density at radius 3 is 2.06 bits per heavy atom. The van der Waals surface area contributed by atoms with Crippen LogP contribution in [0.15, 0.2) is 102 Å². The van der Waals surface area contributed by atoms with Crippen molar-refractivity contribution in [3.8, 4) is 22.6 Å². The van der Waals surface area contributed by atoms with Crippen molar-refractivity contribution in [2.75, 3.05) is 6.54 Å². The highest BCUT2D eigenvalue weighted by Crippen LogP contribution is 2.38. The first-order valence-corrected chi connectivity index (χ1v) is 12.1. The van der Waals surface area contributed by atoms with Gasteiger partial charge in [0.2, 0.25) is 10.0 Å². The van der Waals surface area contributed by atoms with Gasteiger partial charge in [0.25, 0.3) is 0 Å². The molecule has 0 aliphatic carbocycles. The Balaban J connectivity index is 1.51. The molecule has 1 unspecified atom stereocenters. The summed E-state index contributed by atoms with van der Waals surface area (Å²) in [4.78, 5) is 0.232. The molecule has 0 saturated heterocycles. The molecule has 0 fully saturated rings. The first-order chi connectivity index (χ1) is 15.9. The Bertz CT molecular complexity index is 1380. The second-order valence-corrected chi connectivity index (χ2v) is 10.2. The molecule has 1 heterocycles. The zero-order valence-corrected chi connectivity index (χ0v) is 18.6. The molecule has 0 saturated carbocycles. The van der Waals surface area contributed by atoms with Gasteiger partial charge in [-0.3, -0.25) is 0 Å². The van der Waals surface area contributed by atoms with E-state index < -0.39 is 10.0 Å². The number of phenolic OH excluding ortho intramolecular Hbond substituents is 2. The molecular weight excluding hydrogens is 434 g/mol. The maximum atomic E-state index is 13.6. The Morgan fingerprint density at radius 1 is 0.727 bits per heavy atom. The van der Waals surface area contributed by atoms with E-state index in [9.17, 15) is 18.6 Å². The molecular formula is C27H23NO4S. The van der Waals surface area contributed by atoms with Crippen LogP contribution in [-0.4, -0.2) is 29.5 Å². The third-order valence-corrected chi connectivity index (χ3v) is 7.96. The van der Waals surface area contributed by atoms with Gasteiger partial charge in [0.1, 0.15) is 11.5 Å². The highest BCUT2D eigenvalue weighted by molar-refractivity contribution is 7.89. The molecule has 0 radical (unpaired) electrons. The van der Waals surface area contributed by atoms with Crippen LogP contribution in [0.2, 0.25) is 0 Å². The lowest BCUT2D eigenvalue weighted by molar-refractivity contribution is 0.369. The van der Waals surface area contributed by atoms with Crippen molar-refractivity contribution in [3.63, 3.8) is 0 Å². The molecule has 33 heavy (non-hydrogen) atoms. The predicted molar refractivity (Wildman–Crippen MR) is 128 cm³/mol. The Labute approximate surface area is 193 Å². The molecule has 5 rings (SSSR count). The number of fused-ring (bicyclic) bond motifs is 1. The molecule has 1 atom stereocenters. The van der Waals surface area contributed by atoms with E-state index in [1.165, 1.54) is 4.31 Å². The number of hydrogen-bond donors (Lipinski definition) is 2. The fourth-order valence-electron chi connectivity index (χ4n) is 4.40. The monoisotopic (exact) mass is 457 g/mol. The highest BCUT2D eigenvalue weighted by Gasteiger charge is 2.34. The van der Waals surface area contributed by atoms with E-state index in [4.69, 9.17) is 0 Å². The summed E-state index contributed by atoms with van der Waals surface area (Å²) in [5.74, 6) is 0.0430. The molecule has 5 nitrogen and oxygen atoms in total. The summed E-state index contributed by atoms with van der Waals surface area (Å²) in [7, 11) is -3.76. The number of sulfonamides is 1. The number of rotatable bonds is 4. The molecule has 0 aromatic heterocycles. The molecule has 0 spiro atoms. The normalized spacial score (nSPS) is 16.3. The van der Waals surface area contributed by atoms with E-state index in [1.807, 2.05) is 48.5 Å². The lowest BCUT2D eigenvalue weighted by Gasteiger charge is -2.34. The number of benzene rings is 4. The molecule has 1 aliphatic heterocycles. The average Bonchev–Trinajstić information content (AvgIpc) is 2.84. The fraction of sp³-hybridized carbons (Fsp3) is 0.111. The third kappa shape index (κ3) is 4.11. The number of aromatic hydroxyl groups is 2. The molecule has 4 aromatic carbocycles. The van der Waals surface area contributed by atoms with Crippen LogP contribution in [0.25, 0.3) is 11.1 Å². The van der Waals surface area contributed by atoms with Crippen molar-refractivity contribution in [1.29, 1.82) is 0 Å². The largest absolute Gasteiger partial charge is 0.508 e. The molecule has 166 valence electrons. The second-order valence-electron chi connectivity index (χ2n) is 8.22. The quantitative estimate of drug-likeness (QED) is 0.447. The minimum Gasteiger partial charge on any atom is -0.508 e. The van der Waals surface area contributed by atoms with Crippen LogP contribution in [-0.2, 0) is 16.6 Å². The van der Waals surface area contributed by atoms with Gasteiger partial charge < -0.3 is 10.2 Å². The molecule has 4 aromatic rings. The Kier molecular flexibility index (Phi) is 5.40. The van der Waals surface area contributed by atoms with Crippen molar-refractivity contribution in [3.05, 3.63) is 114 Å². The summed E-state index contributed by atoms with van der Waals surface area (Å²) in [6.07, 6.45) is 0. The first kappa shape index (κ1) is 21.2. The molecule has 2 N–H and O–H groups in total. The van der Waals surface area contributed by atoms with E-state index in [1.54, 1.807) is 48.5 Å². The Hall–Kier alpha value is -3.61. The lowest BCUT2D eigenvalue weighted by Crippen LogP contribution is -2.38. The molecule has 1 aliphatic rings. The van der Waals surface area contributed by atoms with Gasteiger partial charge in [-0.2, -0.15) is 4.31 Å². The lowest BCUT2D eigenvalue weighted by atomic mass is 9.85. The average molecular weight is 458 g/mol. The van der Waals surface area contributed by atoms with Crippen LogP contribution in [0.5, 0.6) is 11.5 Å². The van der Waals surface area contributed by atoms with Gasteiger partial charge in [0.05, 0.1) is 4.90 Å². The van der Waals surface area contributed by atoms with Crippen molar-refractivity contribution in [1.82, 2.24) is 4.31 Å². The topological polar surface area (TPSA) is 77.8 Å². The van der Waals surface area contributed by atoms with E-state index in [0.717, 1.165) is 27.8 Å². The van der Waals surface area contributed by atoms with Crippen LogP contribution < -0.4 is 0 Å². The zero-order chi connectivity index (χ0) is 23.0. The summed E-state index contributed by atoms with van der Waals surface area (Å²) in [6.45, 7) is 0.451. The summed E-state index contributed by atoms with van der Waals surface area (Å²) in [5.41, 5.74) is 4.62. The van der Waals surface area contributed by atoms with E-state index in [2.05, 4.69) is 0 Å². The van der Waals surface area contributed by atoms with Crippen LogP contribution in [0, 0.1) is 0 Å². The maximum absolute atomic E-state index is 13.6. The highest BCUT2D eigenvalue weighted by atomic mass is 32.2. The molecule has 6 heteroatoms. The van der Waals surface area contributed by atoms with Gasteiger partial charge in [0.15, 0.2) is 0 Å². The SMILES string of the molecule is O=S(=O)(c1ccc(-c2ccccc2)cc1)N1Cc2cc(O)ccc2C(c2ccc(O)cc2)C1. The van der Waals surface area contributed by atoms with Crippen LogP contribution >= 0.6 is 0 Å². The fourth-order valence-corrected chi connectivity index (χ4v) is 5.83. The van der Waals surface area contributed by atoms with Gasteiger partial charge in [-0.1, -0.05) is 60.7 Å². The first-order valence-electron chi connectivity index (χ1n) is 10.7. The van der Waals surface area contributed by atoms with E-state index in [-0.39, 0.29) is 35.4 Å². The predicted octanol–water partition coefficient (Wildman–Crippen LogP) is 5.10. The Morgan fingerprint density at radius 2 is 1.36 bits per heavy atom. The summed E-state index contributed by atoms with van der Waals surface area (Å²) >= 11 is 0. The van der Waals surface area contributed by atoms with Crippen molar-refractivity contribution in [2.45, 2.75) is 17.4 Å². The summed E-state index contributed by atoms with van der Waals surface area (Å²) < 4.78 is 28.6. The number of nitrogens with zero attached hydrogens (tertiary/aromatic N) is 1. The smallest absolute Gasteiger partial charge is 0.243 e. The molecule has 0 bridgehead atoms. The summed E-state index contributed by atoms with van der Waals surface area (Å²) in [6, 6.07) is 28.7. The van der Waals surface area contributed by atoms with Crippen molar-refractivity contribution < 1.29 is 18.6 Å². The van der Waals surface area contributed by atoms with Gasteiger partial charge in [-0.15, -0.1) is 0 Å². The third-order valence-electron chi connectivity index (χ3n) is 6.13. The van der Waals surface area contributed by atoms with Gasteiger partial charge in [0, 0.05) is 19.0 Å². The minimum atomic E-state index is -3.76. The number of phenols is 2. The van der Waals surface area contributed by atoms with Crippen LogP contribution in [0.3, 0.4) is 0 Å². The van der Waals surface area contributed by atoms with Gasteiger partial charge >= 0.3 is 0 Å². The van der Waals surface area contributed by atoms with Crippen LogP contribution in [0.4, 0.5) is 0 Å². The minimum absolute atomic E-state index is 0.102. The van der Waals surface area contributed by atoms with Crippen LogP contribution in [0.1, 0.15) is 22.6 Å². The van der Waals surface area contributed by atoms with Crippen molar-refractivity contribution >= 4 is 10.0 Å². The maximum Gasteiger partial charge on any atom is 0.243 e. The molecule has 0 amide bonds. The van der Waals surface area contributed by atoms with Gasteiger partial charge in [-0.05, 0) is 64.2 Å². The van der Waals surface area contributed by atoms with Gasteiger partial charge in [-0.25, -0.2) is 8.42 Å². The summed E-state index contributed by atoms with van der Waals surface area (Å²) in [5, 5.41) is 19.7. The van der Waals surface area contributed by atoms with E-state index >= 15 is 0 Å². The standard InChI is InChI=1S/C27H23NO4S/c29-23-10-6-21(7-11-23)27-18-28(17-22-16-24(30)12-15-26(22)27)33(31,32)25-13-8-20(9-14-25)19-4-2-1-3-5-19/h1-16,27,29-30H,17-18H2.